The highest BCUT2D eigenvalue weighted by molar-refractivity contribution is 5.81. The number of carbonyl (C=O) groups is 1. The van der Waals surface area contributed by atoms with E-state index in [9.17, 15) is 13.6 Å². The predicted molar refractivity (Wildman–Crippen MR) is 33.7 cm³/mol. The van der Waals surface area contributed by atoms with Crippen molar-refractivity contribution in [2.45, 2.75) is 26.2 Å². The van der Waals surface area contributed by atoms with Gasteiger partial charge >= 0.3 is 0 Å². The minimum atomic E-state index is -2.83. The Kier molecular flexibility index (Phi) is 4.47. The van der Waals surface area contributed by atoms with Gasteiger partial charge in [0.1, 0.15) is 0 Å². The molecule has 0 saturated carbocycles. The number of Topliss-reactive ketones (excluding diaryl/α,β-unsaturated/α-hetero) is 1. The molecule has 10 heavy (non-hydrogen) atoms. The monoisotopic (exact) mass is 146 g/mol. The van der Waals surface area contributed by atoms with Crippen LogP contribution in [0, 0.1) is 11.8 Å². The second-order valence-corrected chi connectivity index (χ2v) is 1.69. The smallest absolute Gasteiger partial charge is 0.293 e. The lowest BCUT2D eigenvalue weighted by molar-refractivity contribution is -0.129. The van der Waals surface area contributed by atoms with Crippen molar-refractivity contribution in [2.24, 2.45) is 0 Å². The number of hydrogen-bond donors (Lipinski definition) is 0. The van der Waals surface area contributed by atoms with Crippen LogP contribution in [0.3, 0.4) is 0 Å². The normalized spacial score (nSPS) is 8.80. The van der Waals surface area contributed by atoms with E-state index >= 15 is 0 Å². The Bertz CT molecular complexity index is 164. The molecule has 0 N–H and O–H groups in total. The van der Waals surface area contributed by atoms with Crippen LogP contribution in [0.25, 0.3) is 0 Å². The minimum Gasteiger partial charge on any atom is -0.293 e. The van der Waals surface area contributed by atoms with Crippen molar-refractivity contribution in [1.82, 2.24) is 0 Å². The number of halogens is 2. The molecule has 0 aliphatic heterocycles. The van der Waals surface area contributed by atoms with Gasteiger partial charge in [-0.15, -0.1) is 11.8 Å². The van der Waals surface area contributed by atoms with Crippen LogP contribution in [0.4, 0.5) is 8.78 Å². The molecule has 0 aliphatic rings. The molecule has 0 atom stereocenters. The molecule has 0 spiro atoms. The zero-order valence-corrected chi connectivity index (χ0v) is 5.66. The number of rotatable bonds is 3. The molecule has 0 saturated heterocycles. The highest BCUT2D eigenvalue weighted by Gasteiger charge is 2.12. The average Bonchev–Trinajstić information content (AvgIpc) is 1.88. The van der Waals surface area contributed by atoms with Crippen LogP contribution in [-0.4, -0.2) is 12.2 Å². The summed E-state index contributed by atoms with van der Waals surface area (Å²) >= 11 is 0. The SMILES string of the molecule is CC#CCCC(=O)C(F)F. The van der Waals surface area contributed by atoms with Gasteiger partial charge in [0.2, 0.25) is 0 Å². The lowest BCUT2D eigenvalue weighted by Gasteiger charge is -1.92. The molecule has 0 rings (SSSR count). The van der Waals surface area contributed by atoms with Crippen molar-refractivity contribution in [2.75, 3.05) is 0 Å². The Labute approximate surface area is 58.4 Å². The fourth-order valence-electron chi connectivity index (χ4n) is 0.420. The molecule has 0 unspecified atom stereocenters. The fourth-order valence-corrected chi connectivity index (χ4v) is 0.420. The van der Waals surface area contributed by atoms with Crippen molar-refractivity contribution in [3.63, 3.8) is 0 Å². The maximum atomic E-state index is 11.5. The van der Waals surface area contributed by atoms with Gasteiger partial charge in [0.15, 0.2) is 5.78 Å². The molecule has 0 heterocycles. The van der Waals surface area contributed by atoms with E-state index in [1.54, 1.807) is 6.92 Å². The molecule has 3 heteroatoms. The van der Waals surface area contributed by atoms with E-state index < -0.39 is 12.2 Å². The number of ketones is 1. The molecule has 1 nitrogen and oxygen atoms in total. The molecule has 0 aromatic carbocycles. The van der Waals surface area contributed by atoms with E-state index in [4.69, 9.17) is 0 Å². The summed E-state index contributed by atoms with van der Waals surface area (Å²) in [6, 6.07) is 0. The van der Waals surface area contributed by atoms with Crippen LogP contribution in [0.15, 0.2) is 0 Å². The fraction of sp³-hybridized carbons (Fsp3) is 0.571. The van der Waals surface area contributed by atoms with Crippen molar-refractivity contribution in [1.29, 1.82) is 0 Å². The molecule has 0 amide bonds. The Morgan fingerprint density at radius 1 is 1.60 bits per heavy atom. The van der Waals surface area contributed by atoms with Gasteiger partial charge in [0.25, 0.3) is 6.43 Å². The third-order valence-electron chi connectivity index (χ3n) is 0.917. The van der Waals surface area contributed by atoms with Gasteiger partial charge in [-0.2, -0.15) is 0 Å². The van der Waals surface area contributed by atoms with Gasteiger partial charge in [0.05, 0.1) is 0 Å². The minimum absolute atomic E-state index is 0.140. The first kappa shape index (κ1) is 9.09. The molecule has 56 valence electrons. The molecule has 0 aromatic heterocycles. The zero-order chi connectivity index (χ0) is 7.98. The zero-order valence-electron chi connectivity index (χ0n) is 5.66. The molecular formula is C7H8F2O. The van der Waals surface area contributed by atoms with Gasteiger partial charge in [-0.05, 0) is 6.92 Å². The molecular weight excluding hydrogens is 138 g/mol. The summed E-state index contributed by atoms with van der Waals surface area (Å²) in [5.74, 6) is 4.02. The van der Waals surface area contributed by atoms with Crippen LogP contribution < -0.4 is 0 Å². The molecule has 0 fully saturated rings. The third kappa shape index (κ3) is 4.02. The van der Waals surface area contributed by atoms with Gasteiger partial charge in [-0.1, -0.05) is 0 Å². The first-order valence-electron chi connectivity index (χ1n) is 2.89. The Balaban J connectivity index is 3.47. The van der Waals surface area contributed by atoms with E-state index in [0.29, 0.717) is 0 Å². The third-order valence-corrected chi connectivity index (χ3v) is 0.917. The van der Waals surface area contributed by atoms with E-state index in [-0.39, 0.29) is 12.8 Å². The van der Waals surface area contributed by atoms with E-state index in [0.717, 1.165) is 0 Å². The van der Waals surface area contributed by atoms with Crippen molar-refractivity contribution >= 4 is 5.78 Å². The Hall–Kier alpha value is -0.910. The standard InChI is InChI=1S/C7H8F2O/c1-2-3-4-5-6(10)7(8)9/h7H,4-5H2,1H3. The predicted octanol–water partition coefficient (Wildman–Crippen LogP) is 1.62. The lowest BCUT2D eigenvalue weighted by atomic mass is 10.2. The van der Waals surface area contributed by atoms with Crippen LogP contribution in [0.5, 0.6) is 0 Å². The van der Waals surface area contributed by atoms with Gasteiger partial charge in [0, 0.05) is 12.8 Å². The summed E-state index contributed by atoms with van der Waals surface area (Å²) in [4.78, 5) is 10.2. The summed E-state index contributed by atoms with van der Waals surface area (Å²) in [5, 5.41) is 0. The summed E-state index contributed by atoms with van der Waals surface area (Å²) in [7, 11) is 0. The number of alkyl halides is 2. The van der Waals surface area contributed by atoms with Crippen molar-refractivity contribution in [3.05, 3.63) is 0 Å². The van der Waals surface area contributed by atoms with Crippen LogP contribution in [-0.2, 0) is 4.79 Å². The van der Waals surface area contributed by atoms with Gasteiger partial charge in [-0.3, -0.25) is 4.79 Å². The average molecular weight is 146 g/mol. The summed E-state index contributed by atoms with van der Waals surface area (Å²) in [6.07, 6.45) is -2.74. The molecule has 0 radical (unpaired) electrons. The summed E-state index contributed by atoms with van der Waals surface area (Å²) in [6.45, 7) is 1.60. The Morgan fingerprint density at radius 2 is 2.20 bits per heavy atom. The van der Waals surface area contributed by atoms with Crippen LogP contribution in [0.2, 0.25) is 0 Å². The lowest BCUT2D eigenvalue weighted by Crippen LogP contribution is -2.08. The quantitative estimate of drug-likeness (QED) is 0.553. The highest BCUT2D eigenvalue weighted by Crippen LogP contribution is 1.99. The second kappa shape index (κ2) is 4.92. The second-order valence-electron chi connectivity index (χ2n) is 1.69. The van der Waals surface area contributed by atoms with E-state index in [2.05, 4.69) is 11.8 Å². The van der Waals surface area contributed by atoms with E-state index in [1.165, 1.54) is 0 Å². The molecule has 0 aromatic rings. The number of carbonyl (C=O) groups excluding carboxylic acids is 1. The summed E-state index contributed by atoms with van der Waals surface area (Å²) < 4.78 is 22.9. The Morgan fingerprint density at radius 3 is 2.60 bits per heavy atom. The van der Waals surface area contributed by atoms with Crippen LogP contribution >= 0.6 is 0 Å². The molecule has 0 bridgehead atoms. The highest BCUT2D eigenvalue weighted by atomic mass is 19.3. The maximum absolute atomic E-state index is 11.5. The largest absolute Gasteiger partial charge is 0.296 e. The van der Waals surface area contributed by atoms with Crippen molar-refractivity contribution in [3.8, 4) is 11.8 Å². The van der Waals surface area contributed by atoms with Crippen molar-refractivity contribution < 1.29 is 13.6 Å². The van der Waals surface area contributed by atoms with Gasteiger partial charge < -0.3 is 0 Å². The molecule has 0 aliphatic carbocycles. The van der Waals surface area contributed by atoms with Gasteiger partial charge in [-0.25, -0.2) is 8.78 Å². The topological polar surface area (TPSA) is 17.1 Å². The first-order valence-corrected chi connectivity index (χ1v) is 2.89. The first-order chi connectivity index (χ1) is 4.68. The summed E-state index contributed by atoms with van der Waals surface area (Å²) in [5.41, 5.74) is 0. The van der Waals surface area contributed by atoms with E-state index in [1.807, 2.05) is 0 Å². The van der Waals surface area contributed by atoms with Crippen LogP contribution in [0.1, 0.15) is 19.8 Å². The number of hydrogen-bond acceptors (Lipinski definition) is 1. The maximum Gasteiger partial charge on any atom is 0.296 e.